The lowest BCUT2D eigenvalue weighted by atomic mass is 9.76. The summed E-state index contributed by atoms with van der Waals surface area (Å²) in [7, 11) is 0. The second-order valence-corrected chi connectivity index (χ2v) is 8.46. The van der Waals surface area contributed by atoms with Crippen LogP contribution < -0.4 is 0 Å². The zero-order valence-corrected chi connectivity index (χ0v) is 14.3. The van der Waals surface area contributed by atoms with Gasteiger partial charge in [-0.25, -0.2) is 0 Å². The SMILES string of the molecule is CC(C)(C)c1ccc(C(C)(C)C)c2c1CCC21OCCO1. The summed E-state index contributed by atoms with van der Waals surface area (Å²) in [6, 6.07) is 4.63. The van der Waals surface area contributed by atoms with E-state index in [1.807, 2.05) is 0 Å². The number of rotatable bonds is 0. The van der Waals surface area contributed by atoms with E-state index in [0.29, 0.717) is 13.2 Å². The molecule has 0 amide bonds. The van der Waals surface area contributed by atoms with Gasteiger partial charge in [-0.3, -0.25) is 0 Å². The summed E-state index contributed by atoms with van der Waals surface area (Å²) in [4.78, 5) is 0. The first-order chi connectivity index (χ1) is 9.65. The van der Waals surface area contributed by atoms with E-state index < -0.39 is 5.79 Å². The predicted molar refractivity (Wildman–Crippen MR) is 85.7 cm³/mol. The molecule has 0 atom stereocenters. The molecule has 0 saturated carbocycles. The Hall–Kier alpha value is -0.860. The summed E-state index contributed by atoms with van der Waals surface area (Å²) in [5.74, 6) is -0.473. The highest BCUT2D eigenvalue weighted by Crippen LogP contribution is 2.50. The molecule has 1 aliphatic carbocycles. The minimum Gasteiger partial charge on any atom is -0.343 e. The minimum absolute atomic E-state index is 0.104. The van der Waals surface area contributed by atoms with Crippen LogP contribution in [0.4, 0.5) is 0 Å². The molecule has 0 radical (unpaired) electrons. The number of ether oxygens (including phenoxy) is 2. The monoisotopic (exact) mass is 288 g/mol. The van der Waals surface area contributed by atoms with Gasteiger partial charge in [0.05, 0.1) is 13.2 Å². The van der Waals surface area contributed by atoms with Crippen LogP contribution in [0, 0.1) is 0 Å². The van der Waals surface area contributed by atoms with Crippen LogP contribution in [-0.4, -0.2) is 13.2 Å². The van der Waals surface area contributed by atoms with Gasteiger partial charge in [0.2, 0.25) is 0 Å². The average Bonchev–Trinajstić information content (AvgIpc) is 2.96. The van der Waals surface area contributed by atoms with Crippen LogP contribution >= 0.6 is 0 Å². The van der Waals surface area contributed by atoms with Crippen LogP contribution in [0.25, 0.3) is 0 Å². The molecule has 2 heteroatoms. The van der Waals surface area contributed by atoms with Crippen molar-refractivity contribution in [2.24, 2.45) is 0 Å². The van der Waals surface area contributed by atoms with Crippen LogP contribution in [0.2, 0.25) is 0 Å². The van der Waals surface area contributed by atoms with Crippen LogP contribution in [0.15, 0.2) is 12.1 Å². The Bertz CT molecular complexity index is 552. The van der Waals surface area contributed by atoms with E-state index in [1.165, 1.54) is 22.3 Å². The van der Waals surface area contributed by atoms with E-state index in [9.17, 15) is 0 Å². The van der Waals surface area contributed by atoms with Gasteiger partial charge >= 0.3 is 0 Å². The van der Waals surface area contributed by atoms with E-state index in [1.54, 1.807) is 0 Å². The summed E-state index contributed by atoms with van der Waals surface area (Å²) in [5.41, 5.74) is 5.89. The molecule has 0 aromatic heterocycles. The number of hydrogen-bond acceptors (Lipinski definition) is 2. The maximum atomic E-state index is 6.11. The Morgan fingerprint density at radius 2 is 1.38 bits per heavy atom. The molecular weight excluding hydrogens is 260 g/mol. The Labute approximate surface area is 128 Å². The van der Waals surface area contributed by atoms with Crippen molar-refractivity contribution in [2.75, 3.05) is 13.2 Å². The van der Waals surface area contributed by atoms with Crippen molar-refractivity contribution >= 4 is 0 Å². The Morgan fingerprint density at radius 1 is 0.857 bits per heavy atom. The fourth-order valence-electron chi connectivity index (χ4n) is 3.83. The average molecular weight is 288 g/mol. The molecule has 1 heterocycles. The van der Waals surface area contributed by atoms with E-state index >= 15 is 0 Å². The van der Waals surface area contributed by atoms with Gasteiger partial charge in [0.1, 0.15) is 0 Å². The second-order valence-electron chi connectivity index (χ2n) is 8.46. The molecule has 3 rings (SSSR count). The molecule has 1 saturated heterocycles. The Balaban J connectivity index is 2.26. The maximum absolute atomic E-state index is 6.11. The van der Waals surface area contributed by atoms with Gasteiger partial charge in [-0.15, -0.1) is 0 Å². The molecule has 0 bridgehead atoms. The van der Waals surface area contributed by atoms with Crippen LogP contribution in [-0.2, 0) is 32.5 Å². The highest BCUT2D eigenvalue weighted by Gasteiger charge is 2.48. The third-order valence-corrected chi connectivity index (χ3v) is 4.77. The number of fused-ring (bicyclic) bond motifs is 2. The molecule has 1 aromatic carbocycles. The van der Waals surface area contributed by atoms with Crippen molar-refractivity contribution in [3.8, 4) is 0 Å². The van der Waals surface area contributed by atoms with E-state index in [0.717, 1.165) is 12.8 Å². The third kappa shape index (κ3) is 2.33. The molecule has 1 spiro atoms. The van der Waals surface area contributed by atoms with E-state index in [-0.39, 0.29) is 10.8 Å². The molecule has 1 fully saturated rings. The lowest BCUT2D eigenvalue weighted by Crippen LogP contribution is -2.29. The number of benzene rings is 1. The summed E-state index contributed by atoms with van der Waals surface area (Å²) >= 11 is 0. The fraction of sp³-hybridized carbons (Fsp3) is 0.684. The summed E-state index contributed by atoms with van der Waals surface area (Å²) < 4.78 is 12.2. The molecule has 2 aliphatic rings. The third-order valence-electron chi connectivity index (χ3n) is 4.77. The highest BCUT2D eigenvalue weighted by molar-refractivity contribution is 5.51. The Morgan fingerprint density at radius 3 is 1.90 bits per heavy atom. The molecule has 0 N–H and O–H groups in total. The van der Waals surface area contributed by atoms with E-state index in [4.69, 9.17) is 9.47 Å². The van der Waals surface area contributed by atoms with Gasteiger partial charge in [-0.05, 0) is 33.9 Å². The second kappa shape index (κ2) is 4.57. The molecule has 2 nitrogen and oxygen atoms in total. The first-order valence-corrected chi connectivity index (χ1v) is 8.10. The lowest BCUT2D eigenvalue weighted by Gasteiger charge is -2.33. The quantitative estimate of drug-likeness (QED) is 0.703. The molecular formula is C19H28O2. The van der Waals surface area contributed by atoms with Crippen LogP contribution in [0.3, 0.4) is 0 Å². The van der Waals surface area contributed by atoms with E-state index in [2.05, 4.69) is 53.7 Å². The van der Waals surface area contributed by atoms with Crippen molar-refractivity contribution in [3.05, 3.63) is 34.4 Å². The first-order valence-electron chi connectivity index (χ1n) is 8.10. The minimum atomic E-state index is -0.473. The smallest absolute Gasteiger partial charge is 0.195 e. The Kier molecular flexibility index (Phi) is 3.27. The van der Waals surface area contributed by atoms with Gasteiger partial charge in [-0.1, -0.05) is 53.7 Å². The van der Waals surface area contributed by atoms with Gasteiger partial charge in [0, 0.05) is 12.0 Å². The van der Waals surface area contributed by atoms with Crippen LogP contribution in [0.1, 0.15) is 70.2 Å². The van der Waals surface area contributed by atoms with Crippen molar-refractivity contribution in [2.45, 2.75) is 71.0 Å². The summed E-state index contributed by atoms with van der Waals surface area (Å²) in [6.45, 7) is 15.1. The first kappa shape index (κ1) is 15.1. The normalized spacial score (nSPS) is 21.0. The zero-order chi connectivity index (χ0) is 15.5. The standard InChI is InChI=1S/C19H28O2/c1-17(2,3)14-7-8-15(18(4,5)6)16-13(14)9-10-19(16)20-11-12-21-19/h7-8H,9-12H2,1-6H3. The molecule has 116 valence electrons. The van der Waals surface area contributed by atoms with Gasteiger partial charge in [0.15, 0.2) is 5.79 Å². The summed E-state index contributed by atoms with van der Waals surface area (Å²) in [6.07, 6.45) is 2.02. The maximum Gasteiger partial charge on any atom is 0.195 e. The van der Waals surface area contributed by atoms with Crippen LogP contribution in [0.5, 0.6) is 0 Å². The molecule has 1 aromatic rings. The van der Waals surface area contributed by atoms with Crippen molar-refractivity contribution in [1.82, 2.24) is 0 Å². The predicted octanol–water partition coefficient (Wildman–Crippen LogP) is 4.43. The zero-order valence-electron chi connectivity index (χ0n) is 14.3. The van der Waals surface area contributed by atoms with Crippen molar-refractivity contribution in [1.29, 1.82) is 0 Å². The van der Waals surface area contributed by atoms with Gasteiger partial charge in [-0.2, -0.15) is 0 Å². The molecule has 0 unspecified atom stereocenters. The van der Waals surface area contributed by atoms with Crippen molar-refractivity contribution < 1.29 is 9.47 Å². The fourth-order valence-corrected chi connectivity index (χ4v) is 3.83. The lowest BCUT2D eigenvalue weighted by molar-refractivity contribution is -0.163. The summed E-state index contributed by atoms with van der Waals surface area (Å²) in [5, 5.41) is 0. The molecule has 1 aliphatic heterocycles. The molecule has 21 heavy (non-hydrogen) atoms. The number of hydrogen-bond donors (Lipinski definition) is 0. The van der Waals surface area contributed by atoms with Gasteiger partial charge < -0.3 is 9.47 Å². The topological polar surface area (TPSA) is 18.5 Å². The van der Waals surface area contributed by atoms with Gasteiger partial charge in [0.25, 0.3) is 0 Å². The highest BCUT2D eigenvalue weighted by atomic mass is 16.7. The van der Waals surface area contributed by atoms with Crippen molar-refractivity contribution in [3.63, 3.8) is 0 Å². The largest absolute Gasteiger partial charge is 0.343 e.